The second-order valence-corrected chi connectivity index (χ2v) is 10.0. The topological polar surface area (TPSA) is 75.7 Å². The molecule has 150 valence electrons. The van der Waals surface area contributed by atoms with E-state index in [0.717, 1.165) is 11.1 Å². The van der Waals surface area contributed by atoms with E-state index in [0.29, 0.717) is 11.4 Å². The van der Waals surface area contributed by atoms with Gasteiger partial charge in [0, 0.05) is 5.54 Å². The average Bonchev–Trinajstić information content (AvgIpc) is 2.59. The van der Waals surface area contributed by atoms with Crippen LogP contribution in [0.1, 0.15) is 31.9 Å². The number of benzene rings is 2. The summed E-state index contributed by atoms with van der Waals surface area (Å²) < 4.78 is 33.8. The lowest BCUT2D eigenvalue weighted by Gasteiger charge is -2.36. The molecule has 6 nitrogen and oxygen atoms in total. The van der Waals surface area contributed by atoms with Gasteiger partial charge in [0.05, 0.1) is 17.1 Å². The standard InChI is InChI=1S/C21H26N2O4S/c1-14-6-9-16(10-7-14)28(25,26)23-13-19(20(24)22-21(3,4)5)27-18-12-15(2)8-11-17(18)23/h6-12,19H,13H2,1-5H3,(H,22,24)/t19-/m1/s1. The van der Waals surface area contributed by atoms with E-state index in [1.54, 1.807) is 36.4 Å². The zero-order chi connectivity index (χ0) is 20.7. The minimum absolute atomic E-state index is 0.0891. The summed E-state index contributed by atoms with van der Waals surface area (Å²) in [6, 6.07) is 12.0. The minimum atomic E-state index is -3.84. The molecule has 7 heteroatoms. The third-order valence-electron chi connectivity index (χ3n) is 4.38. The molecule has 3 rings (SSSR count). The molecule has 2 aromatic carbocycles. The van der Waals surface area contributed by atoms with Crippen LogP contribution in [-0.2, 0) is 14.8 Å². The normalized spacial score (nSPS) is 16.9. The van der Waals surface area contributed by atoms with Gasteiger partial charge in [0.2, 0.25) is 0 Å². The Balaban J connectivity index is 2.04. The van der Waals surface area contributed by atoms with Gasteiger partial charge in [-0.2, -0.15) is 0 Å². The maximum Gasteiger partial charge on any atom is 0.264 e. The maximum absolute atomic E-state index is 13.3. The second-order valence-electron chi connectivity index (χ2n) is 8.17. The lowest BCUT2D eigenvalue weighted by atomic mass is 10.1. The van der Waals surface area contributed by atoms with E-state index >= 15 is 0 Å². The summed E-state index contributed by atoms with van der Waals surface area (Å²) in [6.45, 7) is 9.30. The van der Waals surface area contributed by atoms with Crippen LogP contribution in [0, 0.1) is 13.8 Å². The van der Waals surface area contributed by atoms with Crippen molar-refractivity contribution in [1.82, 2.24) is 5.32 Å². The molecule has 1 aliphatic rings. The van der Waals surface area contributed by atoms with Gasteiger partial charge < -0.3 is 10.1 Å². The molecule has 1 amide bonds. The molecule has 2 aromatic rings. The second kappa shape index (κ2) is 7.13. The number of sulfonamides is 1. The van der Waals surface area contributed by atoms with Crippen LogP contribution < -0.4 is 14.4 Å². The molecule has 0 fully saturated rings. The molecule has 0 saturated carbocycles. The first-order valence-electron chi connectivity index (χ1n) is 9.16. The Morgan fingerprint density at radius 3 is 2.29 bits per heavy atom. The SMILES string of the molecule is Cc1ccc(S(=O)(=O)N2C[C@H](C(=O)NC(C)(C)C)Oc3cc(C)ccc32)cc1. The van der Waals surface area contributed by atoms with Crippen molar-refractivity contribution in [2.24, 2.45) is 0 Å². The van der Waals surface area contributed by atoms with Gasteiger partial charge in [-0.05, 0) is 64.4 Å². The fourth-order valence-electron chi connectivity index (χ4n) is 3.01. The number of hydrogen-bond donors (Lipinski definition) is 1. The number of nitrogens with one attached hydrogen (secondary N) is 1. The predicted octanol–water partition coefficient (Wildman–Crippen LogP) is 3.17. The molecule has 1 heterocycles. The monoisotopic (exact) mass is 402 g/mol. The first-order chi connectivity index (χ1) is 13.0. The highest BCUT2D eigenvalue weighted by molar-refractivity contribution is 7.92. The summed E-state index contributed by atoms with van der Waals surface area (Å²) in [6.07, 6.45) is -0.936. The number of rotatable bonds is 3. The third kappa shape index (κ3) is 4.14. The number of carbonyl (C=O) groups excluding carboxylic acids is 1. The van der Waals surface area contributed by atoms with Crippen molar-refractivity contribution >= 4 is 21.6 Å². The maximum atomic E-state index is 13.3. The first-order valence-corrected chi connectivity index (χ1v) is 10.6. The Hall–Kier alpha value is -2.54. The van der Waals surface area contributed by atoms with E-state index in [1.807, 2.05) is 40.7 Å². The van der Waals surface area contributed by atoms with E-state index in [9.17, 15) is 13.2 Å². The summed E-state index contributed by atoms with van der Waals surface area (Å²) in [4.78, 5) is 12.9. The van der Waals surface area contributed by atoms with Crippen LogP contribution >= 0.6 is 0 Å². The summed E-state index contributed by atoms with van der Waals surface area (Å²) in [5.74, 6) is 0.0414. The van der Waals surface area contributed by atoms with Gasteiger partial charge in [-0.15, -0.1) is 0 Å². The predicted molar refractivity (Wildman–Crippen MR) is 109 cm³/mol. The Bertz CT molecular complexity index is 992. The number of hydrogen-bond acceptors (Lipinski definition) is 4. The molecule has 0 spiro atoms. The van der Waals surface area contributed by atoms with E-state index in [1.165, 1.54) is 4.31 Å². The third-order valence-corrected chi connectivity index (χ3v) is 6.18. The number of fused-ring (bicyclic) bond motifs is 1. The number of amides is 1. The zero-order valence-corrected chi connectivity index (χ0v) is 17.6. The molecular formula is C21H26N2O4S. The largest absolute Gasteiger partial charge is 0.476 e. The van der Waals surface area contributed by atoms with Gasteiger partial charge in [0.1, 0.15) is 5.75 Å². The molecule has 1 aliphatic heterocycles. The van der Waals surface area contributed by atoms with Crippen LogP contribution in [-0.4, -0.2) is 32.5 Å². The van der Waals surface area contributed by atoms with Crippen molar-refractivity contribution in [1.29, 1.82) is 0 Å². The molecule has 1 N–H and O–H groups in total. The molecule has 1 atom stereocenters. The molecular weight excluding hydrogens is 376 g/mol. The quantitative estimate of drug-likeness (QED) is 0.856. The summed E-state index contributed by atoms with van der Waals surface area (Å²) in [5.41, 5.74) is 1.88. The first kappa shape index (κ1) is 20.2. The number of aryl methyl sites for hydroxylation is 2. The highest BCUT2D eigenvalue weighted by Crippen LogP contribution is 2.37. The van der Waals surface area contributed by atoms with E-state index < -0.39 is 21.7 Å². The zero-order valence-electron chi connectivity index (χ0n) is 16.8. The summed E-state index contributed by atoms with van der Waals surface area (Å²) in [7, 11) is -3.84. The smallest absolute Gasteiger partial charge is 0.264 e. The Morgan fingerprint density at radius 2 is 1.68 bits per heavy atom. The van der Waals surface area contributed by atoms with Crippen molar-refractivity contribution in [3.63, 3.8) is 0 Å². The van der Waals surface area contributed by atoms with Gasteiger partial charge in [-0.3, -0.25) is 9.10 Å². The molecule has 0 unspecified atom stereocenters. The molecule has 0 saturated heterocycles. The lowest BCUT2D eigenvalue weighted by molar-refractivity contribution is -0.129. The summed E-state index contributed by atoms with van der Waals surface area (Å²) >= 11 is 0. The number of nitrogens with zero attached hydrogens (tertiary/aromatic N) is 1. The van der Waals surface area contributed by atoms with Gasteiger partial charge >= 0.3 is 0 Å². The van der Waals surface area contributed by atoms with Crippen molar-refractivity contribution in [3.05, 3.63) is 53.6 Å². The van der Waals surface area contributed by atoms with Crippen LogP contribution in [0.5, 0.6) is 5.75 Å². The Labute approximate surface area is 166 Å². The van der Waals surface area contributed by atoms with Crippen molar-refractivity contribution in [3.8, 4) is 5.75 Å². The Morgan fingerprint density at radius 1 is 1.07 bits per heavy atom. The summed E-state index contributed by atoms with van der Waals surface area (Å²) in [5, 5.41) is 2.87. The molecule has 28 heavy (non-hydrogen) atoms. The van der Waals surface area contributed by atoms with Gasteiger partial charge in [0.25, 0.3) is 15.9 Å². The van der Waals surface area contributed by atoms with Crippen molar-refractivity contribution < 1.29 is 17.9 Å². The Kier molecular flexibility index (Phi) is 5.14. The van der Waals surface area contributed by atoms with Gasteiger partial charge in [-0.1, -0.05) is 23.8 Å². The average molecular weight is 403 g/mol. The van der Waals surface area contributed by atoms with Crippen LogP contribution in [0.2, 0.25) is 0 Å². The fraction of sp³-hybridized carbons (Fsp3) is 0.381. The van der Waals surface area contributed by atoms with Crippen molar-refractivity contribution in [2.45, 2.75) is 51.2 Å². The van der Waals surface area contributed by atoms with Crippen LogP contribution in [0.3, 0.4) is 0 Å². The van der Waals surface area contributed by atoms with Crippen LogP contribution in [0.15, 0.2) is 47.4 Å². The highest BCUT2D eigenvalue weighted by Gasteiger charge is 2.38. The number of ether oxygens (including phenoxy) is 1. The molecule has 0 aliphatic carbocycles. The molecule has 0 bridgehead atoms. The van der Waals surface area contributed by atoms with E-state index in [-0.39, 0.29) is 17.3 Å². The van der Waals surface area contributed by atoms with Gasteiger partial charge in [0.15, 0.2) is 6.10 Å². The number of carbonyl (C=O) groups is 1. The molecule has 0 aromatic heterocycles. The van der Waals surface area contributed by atoms with Crippen molar-refractivity contribution in [2.75, 3.05) is 10.8 Å². The minimum Gasteiger partial charge on any atom is -0.476 e. The molecule has 0 radical (unpaired) electrons. The van der Waals surface area contributed by atoms with Crippen LogP contribution in [0.25, 0.3) is 0 Å². The number of anilines is 1. The van der Waals surface area contributed by atoms with Gasteiger partial charge in [-0.25, -0.2) is 8.42 Å². The van der Waals surface area contributed by atoms with E-state index in [4.69, 9.17) is 4.74 Å². The van der Waals surface area contributed by atoms with E-state index in [2.05, 4.69) is 5.32 Å². The highest BCUT2D eigenvalue weighted by atomic mass is 32.2. The van der Waals surface area contributed by atoms with Crippen LogP contribution in [0.4, 0.5) is 5.69 Å². The lowest BCUT2D eigenvalue weighted by Crippen LogP contribution is -2.54. The fourth-order valence-corrected chi connectivity index (χ4v) is 4.49.